The predicted octanol–water partition coefficient (Wildman–Crippen LogP) is 4.87. The Morgan fingerprint density at radius 2 is 1.95 bits per heavy atom. The van der Waals surface area contributed by atoms with Crippen LogP contribution in [0, 0.1) is 12.3 Å². The van der Waals surface area contributed by atoms with Crippen LogP contribution >= 0.6 is 0 Å². The molecule has 1 aromatic carbocycles. The van der Waals surface area contributed by atoms with Crippen molar-refractivity contribution in [2.45, 2.75) is 60.4 Å². The summed E-state index contributed by atoms with van der Waals surface area (Å²) in [6.45, 7) is 15.1. The van der Waals surface area contributed by atoms with E-state index in [9.17, 15) is 0 Å². The lowest BCUT2D eigenvalue weighted by atomic mass is 9.93. The number of aryl methyl sites for hydroxylation is 1. The van der Waals surface area contributed by atoms with E-state index in [1.165, 1.54) is 11.1 Å². The van der Waals surface area contributed by atoms with Crippen molar-refractivity contribution in [3.63, 3.8) is 0 Å². The minimum Gasteiger partial charge on any atom is -0.493 e. The first-order valence-electron chi connectivity index (χ1n) is 7.80. The summed E-state index contributed by atoms with van der Waals surface area (Å²) in [6.07, 6.45) is 2.22. The molecular weight excluding hydrogens is 246 g/mol. The number of ether oxygens (including phenoxy) is 1. The number of rotatable bonds is 7. The van der Waals surface area contributed by atoms with Crippen molar-refractivity contribution >= 4 is 0 Å². The summed E-state index contributed by atoms with van der Waals surface area (Å²) in [4.78, 5) is 0. The smallest absolute Gasteiger partial charge is 0.124 e. The average Bonchev–Trinajstić information content (AvgIpc) is 2.36. The Balaban J connectivity index is 2.74. The molecule has 0 spiro atoms. The van der Waals surface area contributed by atoms with Gasteiger partial charge in [-0.15, -0.1) is 0 Å². The van der Waals surface area contributed by atoms with E-state index >= 15 is 0 Å². The van der Waals surface area contributed by atoms with Crippen LogP contribution in [0.3, 0.4) is 0 Å². The van der Waals surface area contributed by atoms with Crippen molar-refractivity contribution in [3.05, 3.63) is 29.3 Å². The van der Waals surface area contributed by atoms with Gasteiger partial charge in [0.05, 0.1) is 6.61 Å². The minimum atomic E-state index is 0.316. The van der Waals surface area contributed by atoms with E-state index < -0.39 is 0 Å². The fraction of sp³-hybridized carbons (Fsp3) is 0.667. The van der Waals surface area contributed by atoms with Gasteiger partial charge in [0.15, 0.2) is 0 Å². The van der Waals surface area contributed by atoms with Gasteiger partial charge in [0, 0.05) is 11.6 Å². The molecule has 0 heterocycles. The maximum Gasteiger partial charge on any atom is 0.124 e. The van der Waals surface area contributed by atoms with E-state index in [1.54, 1.807) is 0 Å². The van der Waals surface area contributed by atoms with Gasteiger partial charge in [-0.3, -0.25) is 0 Å². The Hall–Kier alpha value is -1.02. The van der Waals surface area contributed by atoms with Crippen LogP contribution in [-0.4, -0.2) is 13.2 Å². The van der Waals surface area contributed by atoms with E-state index in [0.29, 0.717) is 11.5 Å². The predicted molar refractivity (Wildman–Crippen MR) is 87.5 cm³/mol. The second-order valence-corrected chi connectivity index (χ2v) is 6.88. The molecule has 20 heavy (non-hydrogen) atoms. The SMILES string of the molecule is CCCNC(C)c1cc(C)ccc1OCCC(C)(C)C. The van der Waals surface area contributed by atoms with Gasteiger partial charge in [-0.1, -0.05) is 45.4 Å². The van der Waals surface area contributed by atoms with Crippen LogP contribution in [0.15, 0.2) is 18.2 Å². The van der Waals surface area contributed by atoms with Crippen LogP contribution in [-0.2, 0) is 0 Å². The first-order chi connectivity index (χ1) is 9.33. The molecule has 0 amide bonds. The fourth-order valence-electron chi connectivity index (χ4n) is 2.08. The number of nitrogens with one attached hydrogen (secondary N) is 1. The summed E-state index contributed by atoms with van der Waals surface area (Å²) >= 11 is 0. The van der Waals surface area contributed by atoms with E-state index in [0.717, 1.165) is 31.7 Å². The number of hydrogen-bond donors (Lipinski definition) is 1. The molecular formula is C18H31NO. The molecule has 0 saturated carbocycles. The van der Waals surface area contributed by atoms with Crippen molar-refractivity contribution in [1.82, 2.24) is 5.32 Å². The average molecular weight is 277 g/mol. The summed E-state index contributed by atoms with van der Waals surface area (Å²) in [5, 5.41) is 3.54. The maximum absolute atomic E-state index is 6.03. The highest BCUT2D eigenvalue weighted by Crippen LogP contribution is 2.27. The third-order valence-corrected chi connectivity index (χ3v) is 3.44. The van der Waals surface area contributed by atoms with Crippen molar-refractivity contribution in [2.75, 3.05) is 13.2 Å². The molecule has 2 heteroatoms. The van der Waals surface area contributed by atoms with Crippen molar-refractivity contribution in [1.29, 1.82) is 0 Å². The van der Waals surface area contributed by atoms with Crippen LogP contribution in [0.25, 0.3) is 0 Å². The topological polar surface area (TPSA) is 21.3 Å². The molecule has 0 fully saturated rings. The first-order valence-corrected chi connectivity index (χ1v) is 7.80. The quantitative estimate of drug-likeness (QED) is 0.767. The van der Waals surface area contributed by atoms with Gasteiger partial charge in [-0.2, -0.15) is 0 Å². The molecule has 1 unspecified atom stereocenters. The van der Waals surface area contributed by atoms with Crippen LogP contribution in [0.1, 0.15) is 64.6 Å². The second kappa shape index (κ2) is 7.68. The molecule has 0 aromatic heterocycles. The van der Waals surface area contributed by atoms with E-state index in [2.05, 4.69) is 65.1 Å². The molecule has 0 bridgehead atoms. The maximum atomic E-state index is 6.03. The largest absolute Gasteiger partial charge is 0.493 e. The van der Waals surface area contributed by atoms with Gasteiger partial charge in [-0.25, -0.2) is 0 Å². The standard InChI is InChI=1S/C18H31NO/c1-7-11-19-15(3)16-13-14(2)8-9-17(16)20-12-10-18(4,5)6/h8-9,13,15,19H,7,10-12H2,1-6H3. The molecule has 2 nitrogen and oxygen atoms in total. The van der Waals surface area contributed by atoms with Crippen LogP contribution in [0.5, 0.6) is 5.75 Å². The van der Waals surface area contributed by atoms with Gasteiger partial charge in [0.25, 0.3) is 0 Å². The van der Waals surface area contributed by atoms with Gasteiger partial charge in [-0.05, 0) is 44.7 Å². The Kier molecular flexibility index (Phi) is 6.54. The summed E-state index contributed by atoms with van der Waals surface area (Å²) < 4.78 is 6.03. The molecule has 0 aliphatic heterocycles. The molecule has 0 saturated heterocycles. The van der Waals surface area contributed by atoms with Crippen molar-refractivity contribution in [3.8, 4) is 5.75 Å². The monoisotopic (exact) mass is 277 g/mol. The third kappa shape index (κ3) is 5.96. The van der Waals surface area contributed by atoms with E-state index in [4.69, 9.17) is 4.74 Å². The molecule has 1 N–H and O–H groups in total. The third-order valence-electron chi connectivity index (χ3n) is 3.44. The highest BCUT2D eigenvalue weighted by molar-refractivity contribution is 5.39. The van der Waals surface area contributed by atoms with E-state index in [1.807, 2.05) is 0 Å². The van der Waals surface area contributed by atoms with E-state index in [-0.39, 0.29) is 0 Å². The summed E-state index contributed by atoms with van der Waals surface area (Å²) in [7, 11) is 0. The first kappa shape index (κ1) is 17.0. The summed E-state index contributed by atoms with van der Waals surface area (Å²) in [5.74, 6) is 1.02. The summed E-state index contributed by atoms with van der Waals surface area (Å²) in [5.41, 5.74) is 2.87. The fourth-order valence-corrected chi connectivity index (χ4v) is 2.08. The summed E-state index contributed by atoms with van der Waals surface area (Å²) in [6, 6.07) is 6.80. The molecule has 114 valence electrons. The Bertz CT molecular complexity index is 406. The number of hydrogen-bond acceptors (Lipinski definition) is 2. The van der Waals surface area contributed by atoms with Gasteiger partial charge < -0.3 is 10.1 Å². The van der Waals surface area contributed by atoms with Crippen LogP contribution in [0.4, 0.5) is 0 Å². The van der Waals surface area contributed by atoms with Crippen LogP contribution < -0.4 is 10.1 Å². The van der Waals surface area contributed by atoms with Crippen molar-refractivity contribution in [2.24, 2.45) is 5.41 Å². The normalized spacial score (nSPS) is 13.3. The molecule has 0 aliphatic carbocycles. The Morgan fingerprint density at radius 1 is 1.25 bits per heavy atom. The van der Waals surface area contributed by atoms with Gasteiger partial charge in [0.1, 0.15) is 5.75 Å². The number of benzene rings is 1. The molecule has 1 aromatic rings. The molecule has 0 radical (unpaired) electrons. The highest BCUT2D eigenvalue weighted by Gasteiger charge is 2.14. The highest BCUT2D eigenvalue weighted by atomic mass is 16.5. The van der Waals surface area contributed by atoms with Crippen LogP contribution in [0.2, 0.25) is 0 Å². The molecule has 1 rings (SSSR count). The zero-order valence-electron chi connectivity index (χ0n) is 14.0. The minimum absolute atomic E-state index is 0.316. The Labute approximate surface area is 124 Å². The Morgan fingerprint density at radius 3 is 2.55 bits per heavy atom. The second-order valence-electron chi connectivity index (χ2n) is 6.88. The van der Waals surface area contributed by atoms with Gasteiger partial charge >= 0.3 is 0 Å². The zero-order chi connectivity index (χ0) is 15.2. The van der Waals surface area contributed by atoms with Gasteiger partial charge in [0.2, 0.25) is 0 Å². The van der Waals surface area contributed by atoms with Crippen molar-refractivity contribution < 1.29 is 4.74 Å². The lowest BCUT2D eigenvalue weighted by molar-refractivity contribution is 0.240. The molecule has 1 atom stereocenters. The zero-order valence-corrected chi connectivity index (χ0v) is 14.0. The molecule has 0 aliphatic rings. The lowest BCUT2D eigenvalue weighted by Gasteiger charge is -2.21. The lowest BCUT2D eigenvalue weighted by Crippen LogP contribution is -2.20.